The molecule has 0 saturated heterocycles. The Bertz CT molecular complexity index is 677. The van der Waals surface area contributed by atoms with Gasteiger partial charge in [-0.25, -0.2) is 4.39 Å². The Morgan fingerprint density at radius 1 is 1.16 bits per heavy atom. The summed E-state index contributed by atoms with van der Waals surface area (Å²) >= 11 is 0. The highest BCUT2D eigenvalue weighted by molar-refractivity contribution is 5.91. The van der Waals surface area contributed by atoms with Crippen LogP contribution in [0.4, 0.5) is 10.1 Å². The van der Waals surface area contributed by atoms with Crippen molar-refractivity contribution in [3.63, 3.8) is 0 Å². The van der Waals surface area contributed by atoms with Crippen molar-refractivity contribution in [1.82, 2.24) is 0 Å². The molecule has 25 heavy (non-hydrogen) atoms. The standard InChI is InChI=1S/C19H23FN2O3/c1-3-22(12-13-25-18-7-5-4-6-17(18)20)14-19(23)21-15-8-10-16(24-2)11-9-15/h4-11H,3,12-14H2,1-2H3,(H,21,23)/p+1. The number of amides is 1. The molecule has 0 saturated carbocycles. The van der Waals surface area contributed by atoms with Crippen molar-refractivity contribution in [3.8, 4) is 11.5 Å². The predicted molar refractivity (Wildman–Crippen MR) is 94.8 cm³/mol. The first-order valence-electron chi connectivity index (χ1n) is 8.27. The summed E-state index contributed by atoms with van der Waals surface area (Å²) in [4.78, 5) is 13.2. The first-order chi connectivity index (χ1) is 12.1. The van der Waals surface area contributed by atoms with E-state index in [2.05, 4.69) is 5.32 Å². The molecule has 6 heteroatoms. The number of methoxy groups -OCH3 is 1. The van der Waals surface area contributed by atoms with Gasteiger partial charge in [0.2, 0.25) is 0 Å². The van der Waals surface area contributed by atoms with Gasteiger partial charge in [-0.2, -0.15) is 0 Å². The Hall–Kier alpha value is -2.60. The molecule has 0 aliphatic heterocycles. The molecule has 2 rings (SSSR count). The molecule has 0 heterocycles. The number of carbonyl (C=O) groups is 1. The van der Waals surface area contributed by atoms with Crippen LogP contribution in [0.15, 0.2) is 48.5 Å². The van der Waals surface area contributed by atoms with E-state index in [0.29, 0.717) is 19.7 Å². The molecule has 0 radical (unpaired) electrons. The van der Waals surface area contributed by atoms with Crippen molar-refractivity contribution in [2.75, 3.05) is 38.7 Å². The maximum Gasteiger partial charge on any atom is 0.279 e. The van der Waals surface area contributed by atoms with Crippen LogP contribution >= 0.6 is 0 Å². The number of rotatable bonds is 9. The number of para-hydroxylation sites is 1. The van der Waals surface area contributed by atoms with Crippen LogP contribution in [-0.2, 0) is 4.79 Å². The average Bonchev–Trinajstić information content (AvgIpc) is 2.63. The van der Waals surface area contributed by atoms with Crippen molar-refractivity contribution in [3.05, 3.63) is 54.3 Å². The summed E-state index contributed by atoms with van der Waals surface area (Å²) in [6.07, 6.45) is 0. The summed E-state index contributed by atoms with van der Waals surface area (Å²) in [7, 11) is 1.60. The van der Waals surface area contributed by atoms with Crippen LogP contribution in [0.3, 0.4) is 0 Å². The van der Waals surface area contributed by atoms with Crippen molar-refractivity contribution in [2.45, 2.75) is 6.92 Å². The van der Waals surface area contributed by atoms with Crippen molar-refractivity contribution in [2.24, 2.45) is 0 Å². The Labute approximate surface area is 147 Å². The fourth-order valence-electron chi connectivity index (χ4n) is 2.36. The maximum atomic E-state index is 13.5. The second kappa shape index (κ2) is 9.64. The number of ether oxygens (including phenoxy) is 2. The van der Waals surface area contributed by atoms with E-state index >= 15 is 0 Å². The minimum absolute atomic E-state index is 0.0760. The van der Waals surface area contributed by atoms with Crippen molar-refractivity contribution < 1.29 is 23.6 Å². The van der Waals surface area contributed by atoms with E-state index in [1.165, 1.54) is 6.07 Å². The molecule has 2 N–H and O–H groups in total. The zero-order valence-electron chi connectivity index (χ0n) is 14.5. The van der Waals surface area contributed by atoms with Gasteiger partial charge >= 0.3 is 0 Å². The van der Waals surface area contributed by atoms with Gasteiger partial charge in [0, 0.05) is 5.69 Å². The lowest BCUT2D eigenvalue weighted by Crippen LogP contribution is -3.13. The fraction of sp³-hybridized carbons (Fsp3) is 0.316. The van der Waals surface area contributed by atoms with E-state index in [0.717, 1.165) is 22.9 Å². The number of carbonyl (C=O) groups excluding carboxylic acids is 1. The highest BCUT2D eigenvalue weighted by Gasteiger charge is 2.13. The number of halogens is 1. The largest absolute Gasteiger partial charge is 0.497 e. The zero-order valence-corrected chi connectivity index (χ0v) is 14.5. The van der Waals surface area contributed by atoms with Gasteiger partial charge in [-0.3, -0.25) is 4.79 Å². The van der Waals surface area contributed by atoms with Gasteiger partial charge < -0.3 is 19.7 Å². The average molecular weight is 347 g/mol. The van der Waals surface area contributed by atoms with E-state index < -0.39 is 0 Å². The lowest BCUT2D eigenvalue weighted by molar-refractivity contribution is -0.889. The SMILES string of the molecule is CC[NH+](CCOc1ccccc1F)CC(=O)Nc1ccc(OC)cc1. The van der Waals surface area contributed by atoms with Gasteiger partial charge in [-0.15, -0.1) is 0 Å². The Morgan fingerprint density at radius 3 is 2.52 bits per heavy atom. The summed E-state index contributed by atoms with van der Waals surface area (Å²) in [5, 5.41) is 2.86. The van der Waals surface area contributed by atoms with E-state index in [1.807, 2.05) is 6.92 Å². The molecule has 2 aromatic rings. The number of hydrogen-bond donors (Lipinski definition) is 2. The van der Waals surface area contributed by atoms with Crippen LogP contribution in [0.2, 0.25) is 0 Å². The molecule has 0 fully saturated rings. The van der Waals surface area contributed by atoms with Crippen LogP contribution in [0.25, 0.3) is 0 Å². The number of nitrogens with one attached hydrogen (secondary N) is 2. The van der Waals surface area contributed by atoms with Gasteiger partial charge in [-0.1, -0.05) is 12.1 Å². The first kappa shape index (κ1) is 18.7. The second-order valence-corrected chi connectivity index (χ2v) is 5.59. The predicted octanol–water partition coefficient (Wildman–Crippen LogP) is 1.76. The third-order valence-corrected chi connectivity index (χ3v) is 3.83. The van der Waals surface area contributed by atoms with Crippen molar-refractivity contribution >= 4 is 11.6 Å². The molecule has 0 spiro atoms. The van der Waals surface area contributed by atoms with Crippen LogP contribution < -0.4 is 19.7 Å². The maximum absolute atomic E-state index is 13.5. The number of benzene rings is 2. The van der Waals surface area contributed by atoms with Crippen LogP contribution in [0.1, 0.15) is 6.92 Å². The molecule has 0 aromatic heterocycles. The molecule has 134 valence electrons. The monoisotopic (exact) mass is 347 g/mol. The van der Waals surface area contributed by atoms with Gasteiger partial charge in [0.1, 0.15) is 18.9 Å². The Morgan fingerprint density at radius 2 is 1.88 bits per heavy atom. The Balaban J connectivity index is 1.78. The summed E-state index contributed by atoms with van der Waals surface area (Å²) in [5.41, 5.74) is 0.726. The lowest BCUT2D eigenvalue weighted by Gasteiger charge is -2.17. The fourth-order valence-corrected chi connectivity index (χ4v) is 2.36. The molecule has 1 atom stereocenters. The number of hydrogen-bond acceptors (Lipinski definition) is 3. The Kier molecular flexibility index (Phi) is 7.22. The number of quaternary nitrogens is 1. The van der Waals surface area contributed by atoms with Crippen molar-refractivity contribution in [1.29, 1.82) is 0 Å². The third kappa shape index (κ3) is 6.08. The molecule has 5 nitrogen and oxygen atoms in total. The van der Waals surface area contributed by atoms with Crippen LogP contribution in [0, 0.1) is 5.82 Å². The minimum Gasteiger partial charge on any atom is -0.497 e. The number of anilines is 1. The topological polar surface area (TPSA) is 52.0 Å². The van der Waals surface area contributed by atoms with E-state index in [9.17, 15) is 9.18 Å². The summed E-state index contributed by atoms with van der Waals surface area (Å²) in [5.74, 6) is 0.524. The quantitative estimate of drug-likeness (QED) is 0.727. The molecular formula is C19H24FN2O3+. The normalized spacial score (nSPS) is 11.6. The highest BCUT2D eigenvalue weighted by Crippen LogP contribution is 2.15. The second-order valence-electron chi connectivity index (χ2n) is 5.59. The minimum atomic E-state index is -0.377. The van der Waals surface area contributed by atoms with Gasteiger partial charge in [0.05, 0.1) is 13.7 Å². The smallest absolute Gasteiger partial charge is 0.279 e. The van der Waals surface area contributed by atoms with Gasteiger partial charge in [0.15, 0.2) is 18.1 Å². The zero-order chi connectivity index (χ0) is 18.1. The molecule has 1 unspecified atom stereocenters. The highest BCUT2D eigenvalue weighted by atomic mass is 19.1. The molecule has 1 amide bonds. The van der Waals surface area contributed by atoms with Crippen LogP contribution in [0.5, 0.6) is 11.5 Å². The summed E-state index contributed by atoms with van der Waals surface area (Å²) < 4.78 is 24.0. The molecule has 2 aromatic carbocycles. The first-order valence-corrected chi connectivity index (χ1v) is 8.27. The van der Waals surface area contributed by atoms with E-state index in [1.54, 1.807) is 49.6 Å². The van der Waals surface area contributed by atoms with Crippen LogP contribution in [-0.4, -0.2) is 39.3 Å². The number of likely N-dealkylation sites (N-methyl/N-ethyl adjacent to an activating group) is 1. The van der Waals surface area contributed by atoms with E-state index in [4.69, 9.17) is 9.47 Å². The van der Waals surface area contributed by atoms with Gasteiger partial charge in [-0.05, 0) is 43.3 Å². The summed E-state index contributed by atoms with van der Waals surface area (Å²) in [6.45, 7) is 4.06. The molecule has 0 aliphatic carbocycles. The molecule has 0 bridgehead atoms. The third-order valence-electron chi connectivity index (χ3n) is 3.83. The van der Waals surface area contributed by atoms with E-state index in [-0.39, 0.29) is 17.5 Å². The molecular weight excluding hydrogens is 323 g/mol. The lowest BCUT2D eigenvalue weighted by atomic mass is 10.3. The summed E-state index contributed by atoms with van der Waals surface area (Å²) in [6, 6.07) is 13.5. The van der Waals surface area contributed by atoms with Gasteiger partial charge in [0.25, 0.3) is 5.91 Å². The molecule has 0 aliphatic rings.